The largest absolute Gasteiger partial charge is 0.492 e. The fourth-order valence-corrected chi connectivity index (χ4v) is 1.88. The maximum Gasteiger partial charge on any atom is 0.148 e. The van der Waals surface area contributed by atoms with Crippen LogP contribution < -0.4 is 4.74 Å². The SMILES string of the molecule is Cc1cccc(OCCN2CCC(=O)C2)c1. The first-order valence-corrected chi connectivity index (χ1v) is 5.67. The second kappa shape index (κ2) is 5.12. The Labute approximate surface area is 96.0 Å². The molecule has 1 heterocycles. The number of hydrogen-bond acceptors (Lipinski definition) is 3. The van der Waals surface area contributed by atoms with E-state index in [0.717, 1.165) is 18.8 Å². The number of likely N-dealkylation sites (tertiary alicyclic amines) is 1. The molecule has 2 rings (SSSR count). The topological polar surface area (TPSA) is 29.5 Å². The van der Waals surface area contributed by atoms with Crippen LogP contribution >= 0.6 is 0 Å². The Bertz CT molecular complexity index is 376. The van der Waals surface area contributed by atoms with E-state index in [1.54, 1.807) is 0 Å². The molecule has 0 bridgehead atoms. The van der Waals surface area contributed by atoms with Crippen molar-refractivity contribution >= 4 is 5.78 Å². The van der Waals surface area contributed by atoms with Crippen molar-refractivity contribution in [1.82, 2.24) is 4.90 Å². The number of hydrogen-bond donors (Lipinski definition) is 0. The van der Waals surface area contributed by atoms with Crippen LogP contribution in [-0.2, 0) is 4.79 Å². The molecule has 16 heavy (non-hydrogen) atoms. The maximum atomic E-state index is 11.0. The smallest absolute Gasteiger partial charge is 0.148 e. The average Bonchev–Trinajstić information content (AvgIpc) is 2.64. The normalized spacial score (nSPS) is 16.7. The summed E-state index contributed by atoms with van der Waals surface area (Å²) in [6, 6.07) is 8.02. The van der Waals surface area contributed by atoms with Crippen molar-refractivity contribution in [3.63, 3.8) is 0 Å². The summed E-state index contributed by atoms with van der Waals surface area (Å²) in [6.45, 7) is 5.01. The number of aryl methyl sites for hydroxylation is 1. The summed E-state index contributed by atoms with van der Waals surface area (Å²) < 4.78 is 5.63. The molecule has 1 aromatic carbocycles. The predicted molar refractivity (Wildman–Crippen MR) is 62.7 cm³/mol. The third-order valence-corrected chi connectivity index (χ3v) is 2.77. The lowest BCUT2D eigenvalue weighted by Gasteiger charge is -2.14. The van der Waals surface area contributed by atoms with Crippen LogP contribution in [0.1, 0.15) is 12.0 Å². The fraction of sp³-hybridized carbons (Fsp3) is 0.462. The van der Waals surface area contributed by atoms with E-state index in [9.17, 15) is 4.79 Å². The van der Waals surface area contributed by atoms with E-state index in [0.29, 0.717) is 25.4 Å². The van der Waals surface area contributed by atoms with Crippen LogP contribution in [0.15, 0.2) is 24.3 Å². The van der Waals surface area contributed by atoms with Crippen LogP contribution in [0.4, 0.5) is 0 Å². The van der Waals surface area contributed by atoms with E-state index in [4.69, 9.17) is 4.74 Å². The quantitative estimate of drug-likeness (QED) is 0.771. The number of carbonyl (C=O) groups is 1. The second-order valence-corrected chi connectivity index (χ2v) is 4.23. The van der Waals surface area contributed by atoms with Crippen LogP contribution in [0.5, 0.6) is 5.75 Å². The molecule has 3 nitrogen and oxygen atoms in total. The Morgan fingerprint density at radius 1 is 1.44 bits per heavy atom. The van der Waals surface area contributed by atoms with Gasteiger partial charge in [-0.25, -0.2) is 0 Å². The van der Waals surface area contributed by atoms with Gasteiger partial charge in [-0.05, 0) is 24.6 Å². The van der Waals surface area contributed by atoms with E-state index < -0.39 is 0 Å². The monoisotopic (exact) mass is 219 g/mol. The van der Waals surface area contributed by atoms with E-state index in [1.807, 2.05) is 31.2 Å². The van der Waals surface area contributed by atoms with Crippen molar-refractivity contribution in [3.05, 3.63) is 29.8 Å². The van der Waals surface area contributed by atoms with Crippen molar-refractivity contribution in [1.29, 1.82) is 0 Å². The van der Waals surface area contributed by atoms with Crippen molar-refractivity contribution in [2.75, 3.05) is 26.2 Å². The average molecular weight is 219 g/mol. The predicted octanol–water partition coefficient (Wildman–Crippen LogP) is 1.65. The molecule has 0 spiro atoms. The van der Waals surface area contributed by atoms with E-state index >= 15 is 0 Å². The van der Waals surface area contributed by atoms with Crippen molar-refractivity contribution in [3.8, 4) is 5.75 Å². The molecule has 0 N–H and O–H groups in total. The molecule has 0 radical (unpaired) electrons. The van der Waals surface area contributed by atoms with Gasteiger partial charge in [-0.2, -0.15) is 0 Å². The summed E-state index contributed by atoms with van der Waals surface area (Å²) in [6.07, 6.45) is 0.699. The van der Waals surface area contributed by atoms with Gasteiger partial charge in [0.25, 0.3) is 0 Å². The highest BCUT2D eigenvalue weighted by molar-refractivity contribution is 5.82. The second-order valence-electron chi connectivity index (χ2n) is 4.23. The first kappa shape index (κ1) is 11.1. The maximum absolute atomic E-state index is 11.0. The van der Waals surface area contributed by atoms with Gasteiger partial charge >= 0.3 is 0 Å². The molecule has 1 aromatic rings. The zero-order chi connectivity index (χ0) is 11.4. The molecule has 0 atom stereocenters. The summed E-state index contributed by atoms with van der Waals surface area (Å²) in [7, 11) is 0. The van der Waals surface area contributed by atoms with Crippen LogP contribution in [0, 0.1) is 6.92 Å². The van der Waals surface area contributed by atoms with E-state index in [2.05, 4.69) is 4.90 Å². The molecule has 86 valence electrons. The molecule has 0 aliphatic carbocycles. The van der Waals surface area contributed by atoms with Gasteiger partial charge < -0.3 is 4.74 Å². The Balaban J connectivity index is 1.74. The summed E-state index contributed by atoms with van der Waals surface area (Å²) in [5, 5.41) is 0. The molecular weight excluding hydrogens is 202 g/mol. The van der Waals surface area contributed by atoms with Crippen molar-refractivity contribution < 1.29 is 9.53 Å². The molecule has 1 aliphatic rings. The minimum Gasteiger partial charge on any atom is -0.492 e. The molecule has 1 fully saturated rings. The van der Waals surface area contributed by atoms with Gasteiger partial charge in [0.2, 0.25) is 0 Å². The Kier molecular flexibility index (Phi) is 3.57. The molecule has 1 aliphatic heterocycles. The van der Waals surface area contributed by atoms with Crippen molar-refractivity contribution in [2.24, 2.45) is 0 Å². The first-order chi connectivity index (χ1) is 7.74. The fourth-order valence-electron chi connectivity index (χ4n) is 1.88. The summed E-state index contributed by atoms with van der Waals surface area (Å²) in [5.41, 5.74) is 1.20. The molecule has 0 amide bonds. The standard InChI is InChI=1S/C13H17NO2/c1-11-3-2-4-13(9-11)16-8-7-14-6-5-12(15)10-14/h2-4,9H,5-8,10H2,1H3. The van der Waals surface area contributed by atoms with Gasteiger partial charge in [-0.15, -0.1) is 0 Å². The Morgan fingerprint density at radius 3 is 3.00 bits per heavy atom. The first-order valence-electron chi connectivity index (χ1n) is 5.67. The van der Waals surface area contributed by atoms with Gasteiger partial charge in [-0.1, -0.05) is 12.1 Å². The summed E-state index contributed by atoms with van der Waals surface area (Å²) in [5.74, 6) is 1.25. The lowest BCUT2D eigenvalue weighted by atomic mass is 10.2. The number of ketones is 1. The number of benzene rings is 1. The number of Topliss-reactive ketones (excluding diaryl/α,β-unsaturated/α-hetero) is 1. The number of ether oxygens (including phenoxy) is 1. The third-order valence-electron chi connectivity index (χ3n) is 2.77. The van der Waals surface area contributed by atoms with Gasteiger partial charge in [0, 0.05) is 19.5 Å². The number of nitrogens with zero attached hydrogens (tertiary/aromatic N) is 1. The van der Waals surface area contributed by atoms with Gasteiger partial charge in [0.15, 0.2) is 0 Å². The zero-order valence-electron chi connectivity index (χ0n) is 9.61. The number of carbonyl (C=O) groups excluding carboxylic acids is 1. The lowest BCUT2D eigenvalue weighted by molar-refractivity contribution is -0.116. The summed E-state index contributed by atoms with van der Waals surface area (Å²) in [4.78, 5) is 13.2. The Morgan fingerprint density at radius 2 is 2.31 bits per heavy atom. The molecule has 3 heteroatoms. The van der Waals surface area contributed by atoms with Crippen LogP contribution in [0.25, 0.3) is 0 Å². The molecule has 1 saturated heterocycles. The highest BCUT2D eigenvalue weighted by Crippen LogP contribution is 2.12. The van der Waals surface area contributed by atoms with Crippen LogP contribution in [0.2, 0.25) is 0 Å². The molecule has 0 saturated carbocycles. The molecule has 0 unspecified atom stereocenters. The molecule has 0 aromatic heterocycles. The minimum absolute atomic E-state index is 0.343. The lowest BCUT2D eigenvalue weighted by Crippen LogP contribution is -2.26. The van der Waals surface area contributed by atoms with Crippen molar-refractivity contribution in [2.45, 2.75) is 13.3 Å². The third kappa shape index (κ3) is 3.07. The number of rotatable bonds is 4. The minimum atomic E-state index is 0.343. The highest BCUT2D eigenvalue weighted by atomic mass is 16.5. The Hall–Kier alpha value is -1.35. The van der Waals surface area contributed by atoms with Crippen LogP contribution in [-0.4, -0.2) is 36.9 Å². The van der Waals surface area contributed by atoms with Gasteiger partial charge in [0.1, 0.15) is 18.1 Å². The molecular formula is C13H17NO2. The van der Waals surface area contributed by atoms with Crippen LogP contribution in [0.3, 0.4) is 0 Å². The highest BCUT2D eigenvalue weighted by Gasteiger charge is 2.18. The van der Waals surface area contributed by atoms with E-state index in [1.165, 1.54) is 5.56 Å². The van der Waals surface area contributed by atoms with E-state index in [-0.39, 0.29) is 0 Å². The van der Waals surface area contributed by atoms with Gasteiger partial charge in [-0.3, -0.25) is 9.69 Å². The summed E-state index contributed by atoms with van der Waals surface area (Å²) >= 11 is 0. The van der Waals surface area contributed by atoms with Gasteiger partial charge in [0.05, 0.1) is 6.54 Å². The zero-order valence-corrected chi connectivity index (χ0v) is 9.61.